The lowest BCUT2D eigenvalue weighted by atomic mass is 9.97. The highest BCUT2D eigenvalue weighted by Gasteiger charge is 2.09. The van der Waals surface area contributed by atoms with Gasteiger partial charge in [-0.25, -0.2) is 0 Å². The third-order valence-electron chi connectivity index (χ3n) is 2.80. The maximum atomic E-state index is 6.20. The van der Waals surface area contributed by atoms with Crippen LogP contribution in [0.5, 0.6) is 0 Å². The van der Waals surface area contributed by atoms with E-state index in [0.29, 0.717) is 0 Å². The summed E-state index contributed by atoms with van der Waals surface area (Å²) < 4.78 is 1.81. The van der Waals surface area contributed by atoms with Crippen LogP contribution in [-0.2, 0) is 13.5 Å². The quantitative estimate of drug-likeness (QED) is 0.850. The maximum Gasteiger partial charge on any atom is 0.0522 e. The Balaban J connectivity index is 2.14. The van der Waals surface area contributed by atoms with E-state index >= 15 is 0 Å². The summed E-state index contributed by atoms with van der Waals surface area (Å²) in [7, 11) is 1.92. The standard InChI is InChI=1S/C13H17N3/c1-10-5-3-4-6-12(10)13(14)7-11-8-15-16(2)9-11/h3-6,8-9,13H,7,14H2,1-2H3. The Bertz CT molecular complexity index is 474. The van der Waals surface area contributed by atoms with Crippen LogP contribution in [0.3, 0.4) is 0 Å². The predicted octanol–water partition coefficient (Wildman–Crippen LogP) is 1.97. The van der Waals surface area contributed by atoms with Crippen molar-refractivity contribution in [3.8, 4) is 0 Å². The molecular weight excluding hydrogens is 198 g/mol. The number of nitrogens with two attached hydrogens (primary N) is 1. The lowest BCUT2D eigenvalue weighted by molar-refractivity contribution is 0.714. The molecule has 1 aromatic heterocycles. The van der Waals surface area contributed by atoms with Gasteiger partial charge in [0.15, 0.2) is 0 Å². The summed E-state index contributed by atoms with van der Waals surface area (Å²) in [5.74, 6) is 0. The van der Waals surface area contributed by atoms with E-state index in [1.54, 1.807) is 4.68 Å². The molecule has 0 radical (unpaired) electrons. The minimum atomic E-state index is 0.0467. The number of hydrogen-bond donors (Lipinski definition) is 1. The van der Waals surface area contributed by atoms with Crippen molar-refractivity contribution >= 4 is 0 Å². The van der Waals surface area contributed by atoms with Crippen LogP contribution in [-0.4, -0.2) is 9.78 Å². The van der Waals surface area contributed by atoms with Crippen molar-refractivity contribution in [1.82, 2.24) is 9.78 Å². The first-order chi connectivity index (χ1) is 7.66. The summed E-state index contributed by atoms with van der Waals surface area (Å²) in [6.07, 6.45) is 4.72. The summed E-state index contributed by atoms with van der Waals surface area (Å²) in [6.45, 7) is 2.10. The van der Waals surface area contributed by atoms with Crippen molar-refractivity contribution in [1.29, 1.82) is 0 Å². The zero-order valence-electron chi connectivity index (χ0n) is 9.72. The van der Waals surface area contributed by atoms with Crippen LogP contribution in [0.1, 0.15) is 22.7 Å². The van der Waals surface area contributed by atoms with Crippen LogP contribution in [0.4, 0.5) is 0 Å². The molecule has 3 nitrogen and oxygen atoms in total. The van der Waals surface area contributed by atoms with Crippen molar-refractivity contribution in [2.24, 2.45) is 12.8 Å². The van der Waals surface area contributed by atoms with Crippen LogP contribution >= 0.6 is 0 Å². The van der Waals surface area contributed by atoms with E-state index < -0.39 is 0 Å². The topological polar surface area (TPSA) is 43.8 Å². The van der Waals surface area contributed by atoms with E-state index in [2.05, 4.69) is 24.2 Å². The van der Waals surface area contributed by atoms with Gasteiger partial charge in [0.05, 0.1) is 6.20 Å². The zero-order chi connectivity index (χ0) is 11.5. The molecule has 3 heteroatoms. The van der Waals surface area contributed by atoms with E-state index in [4.69, 9.17) is 5.73 Å². The van der Waals surface area contributed by atoms with Crippen molar-refractivity contribution in [3.63, 3.8) is 0 Å². The Morgan fingerprint density at radius 3 is 2.75 bits per heavy atom. The first-order valence-electron chi connectivity index (χ1n) is 5.45. The van der Waals surface area contributed by atoms with Crippen molar-refractivity contribution in [3.05, 3.63) is 53.3 Å². The molecular formula is C13H17N3. The fraction of sp³-hybridized carbons (Fsp3) is 0.308. The molecule has 84 valence electrons. The molecule has 0 amide bonds. The second-order valence-electron chi connectivity index (χ2n) is 4.19. The summed E-state index contributed by atoms with van der Waals surface area (Å²) in [5, 5.41) is 4.15. The van der Waals surface area contributed by atoms with Gasteiger partial charge < -0.3 is 5.73 Å². The maximum absolute atomic E-state index is 6.20. The third kappa shape index (κ3) is 2.31. The highest BCUT2D eigenvalue weighted by atomic mass is 15.2. The molecule has 1 unspecified atom stereocenters. The van der Waals surface area contributed by atoms with Gasteiger partial charge in [0.25, 0.3) is 0 Å². The van der Waals surface area contributed by atoms with Gasteiger partial charge >= 0.3 is 0 Å². The first kappa shape index (κ1) is 10.9. The van der Waals surface area contributed by atoms with Crippen LogP contribution in [0, 0.1) is 6.92 Å². The van der Waals surface area contributed by atoms with Gasteiger partial charge in [0.2, 0.25) is 0 Å². The number of aryl methyl sites for hydroxylation is 2. The second-order valence-corrected chi connectivity index (χ2v) is 4.19. The third-order valence-corrected chi connectivity index (χ3v) is 2.80. The molecule has 0 fully saturated rings. The van der Waals surface area contributed by atoms with Crippen LogP contribution in [0.2, 0.25) is 0 Å². The molecule has 2 rings (SSSR count). The number of benzene rings is 1. The Kier molecular flexibility index (Phi) is 3.06. The summed E-state index contributed by atoms with van der Waals surface area (Å²) in [4.78, 5) is 0. The lowest BCUT2D eigenvalue weighted by Crippen LogP contribution is -2.14. The molecule has 16 heavy (non-hydrogen) atoms. The predicted molar refractivity (Wildman–Crippen MR) is 65.0 cm³/mol. The fourth-order valence-corrected chi connectivity index (χ4v) is 1.94. The highest BCUT2D eigenvalue weighted by Crippen LogP contribution is 2.18. The van der Waals surface area contributed by atoms with E-state index in [0.717, 1.165) is 6.42 Å². The molecule has 1 atom stereocenters. The molecule has 0 aliphatic heterocycles. The largest absolute Gasteiger partial charge is 0.324 e. The number of nitrogens with zero attached hydrogens (tertiary/aromatic N) is 2. The number of aromatic nitrogens is 2. The van der Waals surface area contributed by atoms with Gasteiger partial charge in [-0.15, -0.1) is 0 Å². The van der Waals surface area contributed by atoms with E-state index in [1.807, 2.05) is 31.6 Å². The fourth-order valence-electron chi connectivity index (χ4n) is 1.94. The molecule has 2 aromatic rings. The highest BCUT2D eigenvalue weighted by molar-refractivity contribution is 5.29. The number of hydrogen-bond acceptors (Lipinski definition) is 2. The molecule has 0 bridgehead atoms. The smallest absolute Gasteiger partial charge is 0.0522 e. The lowest BCUT2D eigenvalue weighted by Gasteiger charge is -2.13. The zero-order valence-corrected chi connectivity index (χ0v) is 9.72. The van der Waals surface area contributed by atoms with E-state index in [9.17, 15) is 0 Å². The molecule has 1 heterocycles. The Labute approximate surface area is 95.9 Å². The van der Waals surface area contributed by atoms with Gasteiger partial charge in [-0.3, -0.25) is 4.68 Å². The summed E-state index contributed by atoms with van der Waals surface area (Å²) in [6, 6.07) is 8.31. The molecule has 0 aliphatic rings. The minimum Gasteiger partial charge on any atom is -0.324 e. The summed E-state index contributed by atoms with van der Waals surface area (Å²) >= 11 is 0. The number of rotatable bonds is 3. The first-order valence-corrected chi connectivity index (χ1v) is 5.45. The molecule has 0 saturated heterocycles. The van der Waals surface area contributed by atoms with Gasteiger partial charge in [-0.05, 0) is 30.0 Å². The van der Waals surface area contributed by atoms with Gasteiger partial charge in [0.1, 0.15) is 0 Å². The second kappa shape index (κ2) is 4.49. The van der Waals surface area contributed by atoms with Crippen molar-refractivity contribution in [2.45, 2.75) is 19.4 Å². The minimum absolute atomic E-state index is 0.0467. The Morgan fingerprint density at radius 2 is 2.12 bits per heavy atom. The van der Waals surface area contributed by atoms with Gasteiger partial charge in [-0.1, -0.05) is 24.3 Å². The molecule has 0 spiro atoms. The van der Waals surface area contributed by atoms with Crippen molar-refractivity contribution < 1.29 is 0 Å². The molecule has 1 aromatic carbocycles. The monoisotopic (exact) mass is 215 g/mol. The average Bonchev–Trinajstić information content (AvgIpc) is 2.64. The molecule has 0 aliphatic carbocycles. The van der Waals surface area contributed by atoms with E-state index in [1.165, 1.54) is 16.7 Å². The van der Waals surface area contributed by atoms with Crippen molar-refractivity contribution in [2.75, 3.05) is 0 Å². The molecule has 0 saturated carbocycles. The summed E-state index contributed by atoms with van der Waals surface area (Å²) in [5.41, 5.74) is 9.84. The average molecular weight is 215 g/mol. The van der Waals surface area contributed by atoms with Gasteiger partial charge in [0, 0.05) is 19.3 Å². The van der Waals surface area contributed by atoms with Gasteiger partial charge in [-0.2, -0.15) is 5.10 Å². The Morgan fingerprint density at radius 1 is 1.38 bits per heavy atom. The van der Waals surface area contributed by atoms with Crippen LogP contribution in [0.15, 0.2) is 36.7 Å². The van der Waals surface area contributed by atoms with Crippen LogP contribution < -0.4 is 5.73 Å². The normalized spacial score (nSPS) is 12.7. The van der Waals surface area contributed by atoms with Crippen LogP contribution in [0.25, 0.3) is 0 Å². The SMILES string of the molecule is Cc1ccccc1C(N)Cc1cnn(C)c1. The Hall–Kier alpha value is -1.61. The van der Waals surface area contributed by atoms with E-state index in [-0.39, 0.29) is 6.04 Å². The molecule has 2 N–H and O–H groups in total.